The van der Waals surface area contributed by atoms with Gasteiger partial charge < -0.3 is 10.6 Å². The first-order valence-corrected chi connectivity index (χ1v) is 9.86. The monoisotopic (exact) mass is 438 g/mol. The molecule has 0 aliphatic carbocycles. The zero-order valence-corrected chi connectivity index (χ0v) is 17.0. The lowest BCUT2D eigenvalue weighted by Crippen LogP contribution is -2.34. The maximum absolute atomic E-state index is 13.1. The van der Waals surface area contributed by atoms with Crippen LogP contribution in [0.2, 0.25) is 0 Å². The maximum Gasteiger partial charge on any atom is 0.416 e. The summed E-state index contributed by atoms with van der Waals surface area (Å²) in [5.41, 5.74) is 0.601. The summed E-state index contributed by atoms with van der Waals surface area (Å²) in [6.07, 6.45) is -3.37. The molecule has 0 radical (unpaired) electrons. The van der Waals surface area contributed by atoms with E-state index in [2.05, 4.69) is 10.6 Å². The second-order valence-corrected chi connectivity index (χ2v) is 7.02. The van der Waals surface area contributed by atoms with Gasteiger partial charge in [0.15, 0.2) is 0 Å². The molecule has 0 aliphatic heterocycles. The van der Waals surface area contributed by atoms with E-state index in [0.717, 1.165) is 29.3 Å². The Labute approximate surface area is 183 Å². The van der Waals surface area contributed by atoms with Gasteiger partial charge in [0.25, 0.3) is 11.8 Å². The molecule has 0 saturated carbocycles. The number of carbonyl (C=O) groups excluding carboxylic acids is 2. The van der Waals surface area contributed by atoms with Crippen molar-refractivity contribution in [3.8, 4) is 0 Å². The smallest absolute Gasteiger partial charge is 0.348 e. The average Bonchev–Trinajstić information content (AvgIpc) is 2.80. The number of carbonyl (C=O) groups is 2. The van der Waals surface area contributed by atoms with Crippen LogP contribution in [0.1, 0.15) is 22.3 Å². The lowest BCUT2D eigenvalue weighted by Gasteiger charge is -2.11. The summed E-state index contributed by atoms with van der Waals surface area (Å²) in [4.78, 5) is 25.6. The lowest BCUT2D eigenvalue weighted by molar-refractivity contribution is -0.137. The molecule has 0 saturated heterocycles. The highest BCUT2D eigenvalue weighted by molar-refractivity contribution is 6.21. The zero-order valence-electron chi connectivity index (χ0n) is 17.0. The first-order valence-electron chi connectivity index (χ1n) is 9.86. The normalized spacial score (nSPS) is 10.8. The molecule has 7 heteroatoms. The Bertz CT molecular complexity index is 1040. The van der Waals surface area contributed by atoms with E-state index >= 15 is 0 Å². The molecule has 3 aromatic carbocycles. The van der Waals surface area contributed by atoms with Gasteiger partial charge >= 0.3 is 6.18 Å². The van der Waals surface area contributed by atoms with E-state index in [9.17, 15) is 22.8 Å². The number of amides is 2. The molecule has 0 aromatic heterocycles. The van der Waals surface area contributed by atoms with E-state index in [1.165, 1.54) is 12.1 Å². The molecule has 0 fully saturated rings. The molecule has 0 bridgehead atoms. The van der Waals surface area contributed by atoms with Crippen LogP contribution in [0.3, 0.4) is 0 Å². The van der Waals surface area contributed by atoms with Gasteiger partial charge in [-0.3, -0.25) is 9.59 Å². The van der Waals surface area contributed by atoms with Gasteiger partial charge in [0, 0.05) is 13.1 Å². The number of hydrogen-bond acceptors (Lipinski definition) is 2. The number of benzene rings is 3. The van der Waals surface area contributed by atoms with Crippen molar-refractivity contribution in [3.63, 3.8) is 0 Å². The van der Waals surface area contributed by atoms with E-state index in [4.69, 9.17) is 0 Å². The molecular formula is C25H21F3N2O2. The fraction of sp³-hybridized carbons (Fsp3) is 0.120. The molecule has 3 rings (SSSR count). The molecular weight excluding hydrogens is 417 g/mol. The van der Waals surface area contributed by atoms with Crippen LogP contribution in [0.5, 0.6) is 0 Å². The Hall–Kier alpha value is -3.87. The zero-order chi connectivity index (χ0) is 23.0. The summed E-state index contributed by atoms with van der Waals surface area (Å²) in [7, 11) is 0. The van der Waals surface area contributed by atoms with Gasteiger partial charge in [-0.15, -0.1) is 0 Å². The highest BCUT2D eigenvalue weighted by Crippen LogP contribution is 2.30. The predicted octanol–water partition coefficient (Wildman–Crippen LogP) is 4.72. The summed E-state index contributed by atoms with van der Waals surface area (Å²) < 4.78 is 39.2. The van der Waals surface area contributed by atoms with Crippen molar-refractivity contribution in [2.75, 3.05) is 0 Å². The van der Waals surface area contributed by atoms with Crippen molar-refractivity contribution in [1.29, 1.82) is 0 Å². The van der Waals surface area contributed by atoms with Gasteiger partial charge in [-0.2, -0.15) is 13.2 Å². The molecule has 0 aliphatic rings. The molecule has 0 spiro atoms. The topological polar surface area (TPSA) is 58.2 Å². The minimum Gasteiger partial charge on any atom is -0.348 e. The highest BCUT2D eigenvalue weighted by Gasteiger charge is 2.30. The Kier molecular flexibility index (Phi) is 7.44. The van der Waals surface area contributed by atoms with Crippen LogP contribution in [0, 0.1) is 0 Å². The van der Waals surface area contributed by atoms with Gasteiger partial charge in [-0.25, -0.2) is 0 Å². The van der Waals surface area contributed by atoms with Crippen molar-refractivity contribution in [2.45, 2.75) is 19.3 Å². The van der Waals surface area contributed by atoms with Crippen LogP contribution < -0.4 is 10.6 Å². The molecule has 0 unspecified atom stereocenters. The molecule has 4 nitrogen and oxygen atoms in total. The standard InChI is InChI=1S/C25H21F3N2O2/c26-25(27,28)21-13-7-12-20(14-21)15-22(23(31)29-16-18-8-3-1-4-9-18)24(32)30-17-19-10-5-2-6-11-19/h1-15H,16-17H2,(H,29,31)(H,30,32). The second kappa shape index (κ2) is 10.4. The van der Waals surface area contributed by atoms with Gasteiger partial charge in [-0.05, 0) is 34.9 Å². The molecule has 0 heterocycles. The SMILES string of the molecule is O=C(NCc1ccccc1)C(=Cc1cccc(C(F)(F)F)c1)C(=O)NCc1ccccc1. The van der Waals surface area contributed by atoms with Crippen LogP contribution in [0.15, 0.2) is 90.5 Å². The Morgan fingerprint density at radius 1 is 0.719 bits per heavy atom. The Morgan fingerprint density at radius 2 is 1.22 bits per heavy atom. The van der Waals surface area contributed by atoms with Crippen LogP contribution in [-0.2, 0) is 28.9 Å². The fourth-order valence-corrected chi connectivity index (χ4v) is 2.95. The number of halogens is 3. The van der Waals surface area contributed by atoms with Crippen molar-refractivity contribution in [2.24, 2.45) is 0 Å². The van der Waals surface area contributed by atoms with E-state index in [0.29, 0.717) is 0 Å². The van der Waals surface area contributed by atoms with Crippen LogP contribution in [-0.4, -0.2) is 11.8 Å². The first-order chi connectivity index (χ1) is 15.3. The summed E-state index contributed by atoms with van der Waals surface area (Å²) in [6.45, 7) is 0.344. The van der Waals surface area contributed by atoms with E-state index in [-0.39, 0.29) is 24.2 Å². The number of nitrogens with one attached hydrogen (secondary N) is 2. The summed E-state index contributed by atoms with van der Waals surface area (Å²) >= 11 is 0. The first kappa shape index (κ1) is 22.8. The largest absolute Gasteiger partial charge is 0.416 e. The number of alkyl halides is 3. The van der Waals surface area contributed by atoms with Crippen molar-refractivity contribution < 1.29 is 22.8 Å². The van der Waals surface area contributed by atoms with Gasteiger partial charge in [-0.1, -0.05) is 72.8 Å². The summed E-state index contributed by atoms with van der Waals surface area (Å²) in [6, 6.07) is 22.6. The molecule has 3 aromatic rings. The van der Waals surface area contributed by atoms with Crippen LogP contribution in [0.4, 0.5) is 13.2 Å². The van der Waals surface area contributed by atoms with Crippen LogP contribution >= 0.6 is 0 Å². The van der Waals surface area contributed by atoms with E-state index in [1.54, 1.807) is 0 Å². The third-order valence-electron chi connectivity index (χ3n) is 4.61. The Balaban J connectivity index is 1.83. The maximum atomic E-state index is 13.1. The van der Waals surface area contributed by atoms with Crippen LogP contribution in [0.25, 0.3) is 6.08 Å². The molecule has 32 heavy (non-hydrogen) atoms. The van der Waals surface area contributed by atoms with Gasteiger partial charge in [0.1, 0.15) is 5.57 Å². The molecule has 164 valence electrons. The fourth-order valence-electron chi connectivity index (χ4n) is 2.95. The quantitative estimate of drug-likeness (QED) is 0.319. The van der Waals surface area contributed by atoms with Gasteiger partial charge in [0.05, 0.1) is 5.56 Å². The molecule has 2 N–H and O–H groups in total. The molecule has 2 amide bonds. The second-order valence-electron chi connectivity index (χ2n) is 7.02. The van der Waals surface area contributed by atoms with E-state index in [1.807, 2.05) is 60.7 Å². The minimum atomic E-state index is -4.53. The average molecular weight is 438 g/mol. The van der Waals surface area contributed by atoms with Crippen molar-refractivity contribution in [3.05, 3.63) is 113 Å². The van der Waals surface area contributed by atoms with E-state index < -0.39 is 23.6 Å². The summed E-state index contributed by atoms with van der Waals surface area (Å²) in [5.74, 6) is -1.37. The lowest BCUT2D eigenvalue weighted by atomic mass is 10.1. The van der Waals surface area contributed by atoms with Crippen molar-refractivity contribution >= 4 is 17.9 Å². The highest BCUT2D eigenvalue weighted by atomic mass is 19.4. The number of hydrogen-bond donors (Lipinski definition) is 2. The summed E-state index contributed by atoms with van der Waals surface area (Å²) in [5, 5.41) is 5.31. The number of rotatable bonds is 7. The predicted molar refractivity (Wildman–Crippen MR) is 116 cm³/mol. The molecule has 0 atom stereocenters. The van der Waals surface area contributed by atoms with Crippen molar-refractivity contribution in [1.82, 2.24) is 10.6 Å². The third kappa shape index (κ3) is 6.57. The van der Waals surface area contributed by atoms with Gasteiger partial charge in [0.2, 0.25) is 0 Å². The Morgan fingerprint density at radius 3 is 1.69 bits per heavy atom. The third-order valence-corrected chi connectivity index (χ3v) is 4.61. The minimum absolute atomic E-state index is 0.0968.